The van der Waals surface area contributed by atoms with Crippen LogP contribution in [-0.2, 0) is 6.54 Å². The van der Waals surface area contributed by atoms with Crippen LogP contribution in [0.15, 0.2) is 54.7 Å². The van der Waals surface area contributed by atoms with E-state index >= 15 is 0 Å². The van der Waals surface area contributed by atoms with Gasteiger partial charge in [0.05, 0.1) is 0 Å². The van der Waals surface area contributed by atoms with Gasteiger partial charge in [0, 0.05) is 34.8 Å². The summed E-state index contributed by atoms with van der Waals surface area (Å²) in [6.07, 6.45) is 2.99. The van der Waals surface area contributed by atoms with Crippen molar-refractivity contribution in [3.05, 3.63) is 71.7 Å². The van der Waals surface area contributed by atoms with Gasteiger partial charge in [-0.1, -0.05) is 32.0 Å². The molecule has 2 aromatic carbocycles. The monoisotopic (exact) mass is 309 g/mol. The van der Waals surface area contributed by atoms with Crippen LogP contribution in [0.4, 0.5) is 4.39 Å². The van der Waals surface area contributed by atoms with E-state index in [2.05, 4.69) is 18.4 Å². The Bertz CT molecular complexity index is 830. The molecule has 23 heavy (non-hydrogen) atoms. The zero-order chi connectivity index (χ0) is 16.4. The van der Waals surface area contributed by atoms with Crippen molar-refractivity contribution in [2.45, 2.75) is 26.8 Å². The summed E-state index contributed by atoms with van der Waals surface area (Å²) >= 11 is 0. The summed E-state index contributed by atoms with van der Waals surface area (Å²) in [4.78, 5) is 12.8. The number of carbonyl (C=O) groups excluding carboxylic acids is 1. The molecule has 0 amide bonds. The standard InChI is InChI=1S/C20H20FNO/c1-14(2)11-12-22-13-18(17-5-3-4-6-19(17)22)20(23)15-7-9-16(21)10-8-15/h3-10,13-14H,11-12H2,1-2H3. The molecular weight excluding hydrogens is 289 g/mol. The first kappa shape index (κ1) is 15.5. The average Bonchev–Trinajstić information content (AvgIpc) is 2.92. The largest absolute Gasteiger partial charge is 0.347 e. The van der Waals surface area contributed by atoms with Gasteiger partial charge in [-0.2, -0.15) is 0 Å². The minimum Gasteiger partial charge on any atom is -0.347 e. The first-order valence-electron chi connectivity index (χ1n) is 7.94. The molecule has 118 valence electrons. The fourth-order valence-corrected chi connectivity index (χ4v) is 2.77. The van der Waals surface area contributed by atoms with Gasteiger partial charge in [-0.05, 0) is 42.7 Å². The molecule has 0 spiro atoms. The zero-order valence-corrected chi connectivity index (χ0v) is 13.4. The normalized spacial score (nSPS) is 11.3. The van der Waals surface area contributed by atoms with E-state index < -0.39 is 0 Å². The third-order valence-electron chi connectivity index (χ3n) is 4.09. The Morgan fingerprint density at radius 3 is 2.48 bits per heavy atom. The molecule has 0 saturated heterocycles. The molecule has 0 fully saturated rings. The number of carbonyl (C=O) groups is 1. The average molecular weight is 309 g/mol. The number of rotatable bonds is 5. The van der Waals surface area contributed by atoms with Crippen LogP contribution in [0.2, 0.25) is 0 Å². The van der Waals surface area contributed by atoms with Crippen LogP contribution in [0.25, 0.3) is 10.9 Å². The van der Waals surface area contributed by atoms with Crippen LogP contribution in [0, 0.1) is 11.7 Å². The lowest BCUT2D eigenvalue weighted by Crippen LogP contribution is -2.02. The molecule has 0 aliphatic carbocycles. The molecule has 3 aromatic rings. The fourth-order valence-electron chi connectivity index (χ4n) is 2.77. The summed E-state index contributed by atoms with van der Waals surface area (Å²) in [5.41, 5.74) is 2.26. The predicted molar refractivity (Wildman–Crippen MR) is 91.2 cm³/mol. The van der Waals surface area contributed by atoms with Crippen LogP contribution in [0.5, 0.6) is 0 Å². The number of halogens is 1. The molecule has 0 saturated carbocycles. The van der Waals surface area contributed by atoms with E-state index in [0.717, 1.165) is 23.9 Å². The molecule has 0 atom stereocenters. The molecule has 1 aromatic heterocycles. The maximum atomic E-state index is 13.1. The van der Waals surface area contributed by atoms with Crippen LogP contribution < -0.4 is 0 Å². The number of nitrogens with zero attached hydrogens (tertiary/aromatic N) is 1. The first-order valence-corrected chi connectivity index (χ1v) is 7.94. The smallest absolute Gasteiger partial charge is 0.195 e. The van der Waals surface area contributed by atoms with Crippen molar-refractivity contribution in [3.63, 3.8) is 0 Å². The molecule has 0 radical (unpaired) electrons. The lowest BCUT2D eigenvalue weighted by Gasteiger charge is -2.07. The van der Waals surface area contributed by atoms with E-state index in [4.69, 9.17) is 0 Å². The lowest BCUT2D eigenvalue weighted by molar-refractivity contribution is 0.104. The summed E-state index contributed by atoms with van der Waals surface area (Å²) < 4.78 is 15.2. The van der Waals surface area contributed by atoms with E-state index in [1.165, 1.54) is 24.3 Å². The lowest BCUT2D eigenvalue weighted by atomic mass is 10.0. The third-order valence-corrected chi connectivity index (χ3v) is 4.09. The van der Waals surface area contributed by atoms with Crippen molar-refractivity contribution < 1.29 is 9.18 Å². The Morgan fingerprint density at radius 1 is 1.09 bits per heavy atom. The molecule has 1 heterocycles. The van der Waals surface area contributed by atoms with Crippen LogP contribution in [-0.4, -0.2) is 10.4 Å². The van der Waals surface area contributed by atoms with Crippen LogP contribution >= 0.6 is 0 Å². The van der Waals surface area contributed by atoms with E-state index in [-0.39, 0.29) is 11.6 Å². The molecule has 0 aliphatic heterocycles. The van der Waals surface area contributed by atoms with E-state index in [0.29, 0.717) is 17.0 Å². The van der Waals surface area contributed by atoms with Crippen molar-refractivity contribution in [1.82, 2.24) is 4.57 Å². The van der Waals surface area contributed by atoms with Gasteiger partial charge in [-0.3, -0.25) is 4.79 Å². The summed E-state index contributed by atoms with van der Waals surface area (Å²) in [6, 6.07) is 13.7. The van der Waals surface area contributed by atoms with Gasteiger partial charge in [0.2, 0.25) is 0 Å². The highest BCUT2D eigenvalue weighted by Crippen LogP contribution is 2.24. The predicted octanol–water partition coefficient (Wildman–Crippen LogP) is 5.06. The number of aryl methyl sites for hydroxylation is 1. The van der Waals surface area contributed by atoms with Crippen molar-refractivity contribution in [3.8, 4) is 0 Å². The van der Waals surface area contributed by atoms with Gasteiger partial charge in [-0.25, -0.2) is 4.39 Å². The number of para-hydroxylation sites is 1. The maximum absolute atomic E-state index is 13.1. The Kier molecular flexibility index (Phi) is 4.28. The Morgan fingerprint density at radius 2 is 1.78 bits per heavy atom. The highest BCUT2D eigenvalue weighted by molar-refractivity contribution is 6.16. The molecule has 3 heteroatoms. The second-order valence-electron chi connectivity index (χ2n) is 6.27. The second kappa shape index (κ2) is 6.37. The third kappa shape index (κ3) is 3.19. The summed E-state index contributed by atoms with van der Waals surface area (Å²) in [5, 5.41) is 0.950. The number of fused-ring (bicyclic) bond motifs is 1. The van der Waals surface area contributed by atoms with Crippen molar-refractivity contribution in [1.29, 1.82) is 0 Å². The topological polar surface area (TPSA) is 22.0 Å². The SMILES string of the molecule is CC(C)CCn1cc(C(=O)c2ccc(F)cc2)c2ccccc21. The highest BCUT2D eigenvalue weighted by Gasteiger charge is 2.16. The second-order valence-corrected chi connectivity index (χ2v) is 6.27. The van der Waals surface area contributed by atoms with Gasteiger partial charge in [-0.15, -0.1) is 0 Å². The van der Waals surface area contributed by atoms with Crippen LogP contribution in [0.3, 0.4) is 0 Å². The maximum Gasteiger partial charge on any atom is 0.195 e. The number of ketones is 1. The van der Waals surface area contributed by atoms with E-state index in [1.807, 2.05) is 30.5 Å². The van der Waals surface area contributed by atoms with Gasteiger partial charge in [0.15, 0.2) is 5.78 Å². The van der Waals surface area contributed by atoms with E-state index in [9.17, 15) is 9.18 Å². The molecular formula is C20H20FNO. The number of hydrogen-bond acceptors (Lipinski definition) is 1. The molecule has 0 unspecified atom stereocenters. The van der Waals surface area contributed by atoms with Crippen molar-refractivity contribution in [2.75, 3.05) is 0 Å². The van der Waals surface area contributed by atoms with Gasteiger partial charge in [0.25, 0.3) is 0 Å². The number of benzene rings is 2. The van der Waals surface area contributed by atoms with Crippen LogP contribution in [0.1, 0.15) is 36.2 Å². The number of aromatic nitrogens is 1. The fraction of sp³-hybridized carbons (Fsp3) is 0.250. The van der Waals surface area contributed by atoms with Gasteiger partial charge < -0.3 is 4.57 Å². The summed E-state index contributed by atoms with van der Waals surface area (Å²) in [6.45, 7) is 5.27. The molecule has 2 nitrogen and oxygen atoms in total. The molecule has 0 bridgehead atoms. The van der Waals surface area contributed by atoms with Crippen molar-refractivity contribution >= 4 is 16.7 Å². The minimum absolute atomic E-state index is 0.0653. The Labute approximate surface area is 135 Å². The summed E-state index contributed by atoms with van der Waals surface area (Å²) in [7, 11) is 0. The number of hydrogen-bond donors (Lipinski definition) is 0. The van der Waals surface area contributed by atoms with Gasteiger partial charge in [0.1, 0.15) is 5.82 Å². The van der Waals surface area contributed by atoms with Gasteiger partial charge >= 0.3 is 0 Å². The van der Waals surface area contributed by atoms with E-state index in [1.54, 1.807) is 0 Å². The highest BCUT2D eigenvalue weighted by atomic mass is 19.1. The molecule has 0 aliphatic rings. The zero-order valence-electron chi connectivity index (χ0n) is 13.4. The summed E-state index contributed by atoms with van der Waals surface area (Å²) in [5.74, 6) is 0.206. The minimum atomic E-state index is -0.332. The molecule has 3 rings (SSSR count). The Hall–Kier alpha value is -2.42. The Balaban J connectivity index is 2.03. The first-order chi connectivity index (χ1) is 11.1. The van der Waals surface area contributed by atoms with Crippen molar-refractivity contribution in [2.24, 2.45) is 5.92 Å². The quantitative estimate of drug-likeness (QED) is 0.604. The molecule has 0 N–H and O–H groups in total.